The van der Waals surface area contributed by atoms with E-state index in [-0.39, 0.29) is 11.0 Å². The van der Waals surface area contributed by atoms with Crippen LogP contribution in [-0.2, 0) is 10.2 Å². The molecule has 0 bridgehead atoms. The number of benzene rings is 2. The van der Waals surface area contributed by atoms with Gasteiger partial charge >= 0.3 is 0 Å². The summed E-state index contributed by atoms with van der Waals surface area (Å²) in [5.41, 5.74) is 9.21. The summed E-state index contributed by atoms with van der Waals surface area (Å²) >= 11 is 0. The van der Waals surface area contributed by atoms with E-state index in [1.807, 2.05) is 0 Å². The molecule has 2 nitrogen and oxygen atoms in total. The molecule has 19 heavy (non-hydrogen) atoms. The Morgan fingerprint density at radius 2 is 1.68 bits per heavy atom. The van der Waals surface area contributed by atoms with E-state index in [4.69, 9.17) is 10.5 Å². The minimum Gasteiger partial charge on any atom is -0.379 e. The molecule has 2 aromatic carbocycles. The van der Waals surface area contributed by atoms with Crippen LogP contribution in [0.1, 0.15) is 24.0 Å². The Labute approximate surface area is 113 Å². The molecule has 1 aliphatic heterocycles. The van der Waals surface area contributed by atoms with E-state index in [0.717, 1.165) is 26.1 Å². The van der Waals surface area contributed by atoms with Crippen LogP contribution in [0, 0.1) is 6.92 Å². The Hall–Kier alpha value is -1.38. The molecule has 1 saturated heterocycles. The third kappa shape index (κ3) is 1.50. The van der Waals surface area contributed by atoms with Crippen LogP contribution < -0.4 is 5.73 Å². The molecule has 1 aliphatic carbocycles. The van der Waals surface area contributed by atoms with E-state index in [1.165, 1.54) is 21.9 Å². The van der Waals surface area contributed by atoms with Crippen LogP contribution in [-0.4, -0.2) is 18.8 Å². The molecule has 98 valence electrons. The van der Waals surface area contributed by atoms with Gasteiger partial charge in [-0.3, -0.25) is 0 Å². The summed E-state index contributed by atoms with van der Waals surface area (Å²) in [6.07, 6.45) is 2.25. The molecule has 1 saturated carbocycles. The molecule has 2 aliphatic rings. The molecule has 2 fully saturated rings. The lowest BCUT2D eigenvalue weighted by Crippen LogP contribution is -2.60. The quantitative estimate of drug-likeness (QED) is 0.893. The largest absolute Gasteiger partial charge is 0.379 e. The second kappa shape index (κ2) is 3.59. The van der Waals surface area contributed by atoms with Gasteiger partial charge in [-0.25, -0.2) is 0 Å². The van der Waals surface area contributed by atoms with Crippen LogP contribution >= 0.6 is 0 Å². The smallest absolute Gasteiger partial charge is 0.0603 e. The number of hydrogen-bond donors (Lipinski definition) is 1. The second-order valence-corrected chi connectivity index (χ2v) is 6.30. The molecule has 0 unspecified atom stereocenters. The average Bonchev–Trinajstić information content (AvgIpc) is 3.07. The molecule has 0 aromatic heterocycles. The molecule has 0 atom stereocenters. The van der Waals surface area contributed by atoms with Crippen molar-refractivity contribution in [1.29, 1.82) is 0 Å². The van der Waals surface area contributed by atoms with Crippen LogP contribution in [0.2, 0.25) is 0 Å². The molecule has 2 aromatic rings. The molecule has 1 heterocycles. The Morgan fingerprint density at radius 3 is 2.32 bits per heavy atom. The summed E-state index contributed by atoms with van der Waals surface area (Å²) in [4.78, 5) is 0. The zero-order chi connectivity index (χ0) is 13.1. The monoisotopic (exact) mass is 253 g/mol. The van der Waals surface area contributed by atoms with Crippen LogP contribution in [0.3, 0.4) is 0 Å². The Balaban J connectivity index is 1.85. The molecule has 2 heteroatoms. The highest BCUT2D eigenvalue weighted by Crippen LogP contribution is 2.53. The standard InChI is InChI=1S/C17H19NO/c1-12-2-3-14-9-15(5-4-13(14)8-12)16(10-19-11-16)17(18)6-7-17/h2-5,8-9H,6-7,10-11,18H2,1H3. The first-order chi connectivity index (χ1) is 9.13. The van der Waals surface area contributed by atoms with Crippen molar-refractivity contribution in [3.8, 4) is 0 Å². The van der Waals surface area contributed by atoms with Crippen molar-refractivity contribution in [3.63, 3.8) is 0 Å². The van der Waals surface area contributed by atoms with E-state index in [1.54, 1.807) is 0 Å². The first kappa shape index (κ1) is 11.4. The summed E-state index contributed by atoms with van der Waals surface area (Å²) in [5.74, 6) is 0. The minimum atomic E-state index is -0.0242. The maximum absolute atomic E-state index is 6.51. The van der Waals surface area contributed by atoms with Crippen LogP contribution in [0.25, 0.3) is 10.8 Å². The van der Waals surface area contributed by atoms with E-state index in [0.29, 0.717) is 0 Å². The molecule has 0 radical (unpaired) electrons. The normalized spacial score (nSPS) is 23.1. The lowest BCUT2D eigenvalue weighted by Gasteiger charge is -2.47. The first-order valence-corrected chi connectivity index (χ1v) is 7.01. The van der Waals surface area contributed by atoms with Crippen molar-refractivity contribution >= 4 is 10.8 Å². The molecule has 0 amide bonds. The third-order valence-electron chi connectivity index (χ3n) is 4.99. The van der Waals surface area contributed by atoms with Gasteiger partial charge in [0.25, 0.3) is 0 Å². The number of nitrogens with two attached hydrogens (primary N) is 1. The zero-order valence-electron chi connectivity index (χ0n) is 11.3. The van der Waals surface area contributed by atoms with Gasteiger partial charge in [0, 0.05) is 5.54 Å². The SMILES string of the molecule is Cc1ccc2cc(C3(C4(N)CC4)COC3)ccc2c1. The van der Waals surface area contributed by atoms with Crippen LogP contribution in [0.15, 0.2) is 36.4 Å². The Kier molecular flexibility index (Phi) is 2.16. The first-order valence-electron chi connectivity index (χ1n) is 7.01. The van der Waals surface area contributed by atoms with Gasteiger partial charge in [0.05, 0.1) is 18.6 Å². The highest BCUT2D eigenvalue weighted by atomic mass is 16.5. The van der Waals surface area contributed by atoms with Crippen molar-refractivity contribution in [2.75, 3.05) is 13.2 Å². The van der Waals surface area contributed by atoms with Gasteiger partial charge in [-0.2, -0.15) is 0 Å². The number of aryl methyl sites for hydroxylation is 1. The summed E-state index contributed by atoms with van der Waals surface area (Å²) in [6.45, 7) is 3.69. The van der Waals surface area contributed by atoms with Crippen molar-refractivity contribution in [2.45, 2.75) is 30.7 Å². The highest BCUT2D eigenvalue weighted by molar-refractivity contribution is 5.84. The topological polar surface area (TPSA) is 35.2 Å². The fourth-order valence-electron chi connectivity index (χ4n) is 3.32. The Morgan fingerprint density at radius 1 is 1.00 bits per heavy atom. The predicted molar refractivity (Wildman–Crippen MR) is 77.3 cm³/mol. The summed E-state index contributed by atoms with van der Waals surface area (Å²) in [6, 6.07) is 13.4. The lowest BCUT2D eigenvalue weighted by atomic mass is 9.70. The summed E-state index contributed by atoms with van der Waals surface area (Å²) in [5, 5.41) is 2.61. The third-order valence-corrected chi connectivity index (χ3v) is 4.99. The van der Waals surface area contributed by atoms with Gasteiger partial charge in [-0.1, -0.05) is 42.0 Å². The molecule has 0 spiro atoms. The zero-order valence-corrected chi connectivity index (χ0v) is 11.3. The predicted octanol–water partition coefficient (Wildman–Crippen LogP) is 2.91. The van der Waals surface area contributed by atoms with Crippen LogP contribution in [0.4, 0.5) is 0 Å². The number of fused-ring (bicyclic) bond motifs is 1. The summed E-state index contributed by atoms with van der Waals surface area (Å²) in [7, 11) is 0. The lowest BCUT2D eigenvalue weighted by molar-refractivity contribution is -0.0785. The Bertz CT molecular complexity index is 653. The average molecular weight is 253 g/mol. The minimum absolute atomic E-state index is 0.0242. The number of hydrogen-bond acceptors (Lipinski definition) is 2. The van der Waals surface area contributed by atoms with Gasteiger partial charge in [-0.05, 0) is 36.1 Å². The van der Waals surface area contributed by atoms with E-state index in [9.17, 15) is 0 Å². The van der Waals surface area contributed by atoms with Crippen LogP contribution in [0.5, 0.6) is 0 Å². The van der Waals surface area contributed by atoms with E-state index < -0.39 is 0 Å². The molecule has 4 rings (SSSR count). The maximum atomic E-state index is 6.51. The van der Waals surface area contributed by atoms with E-state index >= 15 is 0 Å². The second-order valence-electron chi connectivity index (χ2n) is 6.30. The van der Waals surface area contributed by atoms with E-state index in [2.05, 4.69) is 43.3 Å². The summed E-state index contributed by atoms with van der Waals surface area (Å²) < 4.78 is 5.51. The molecular formula is C17H19NO. The maximum Gasteiger partial charge on any atom is 0.0603 e. The number of rotatable bonds is 2. The highest BCUT2D eigenvalue weighted by Gasteiger charge is 2.61. The fraction of sp³-hybridized carbons (Fsp3) is 0.412. The van der Waals surface area contributed by atoms with Gasteiger partial charge in [-0.15, -0.1) is 0 Å². The van der Waals surface area contributed by atoms with Gasteiger partial charge in [0.1, 0.15) is 0 Å². The van der Waals surface area contributed by atoms with Gasteiger partial charge in [0.2, 0.25) is 0 Å². The number of ether oxygens (including phenoxy) is 1. The van der Waals surface area contributed by atoms with Gasteiger partial charge in [0.15, 0.2) is 0 Å². The fourth-order valence-corrected chi connectivity index (χ4v) is 3.32. The van der Waals surface area contributed by atoms with Crippen molar-refractivity contribution in [3.05, 3.63) is 47.5 Å². The van der Waals surface area contributed by atoms with Crippen molar-refractivity contribution < 1.29 is 4.74 Å². The molecule has 2 N–H and O–H groups in total. The van der Waals surface area contributed by atoms with Crippen molar-refractivity contribution in [2.24, 2.45) is 5.73 Å². The molecular weight excluding hydrogens is 234 g/mol. The van der Waals surface area contributed by atoms with Gasteiger partial charge < -0.3 is 10.5 Å². The van der Waals surface area contributed by atoms with Crippen molar-refractivity contribution in [1.82, 2.24) is 0 Å².